The maximum atomic E-state index is 12.9. The molecule has 0 N–H and O–H groups in total. The van der Waals surface area contributed by atoms with E-state index in [1.807, 2.05) is 0 Å². The second-order valence-electron chi connectivity index (χ2n) is 4.04. The molecule has 0 heterocycles. The molecule has 0 aliphatic heterocycles. The van der Waals surface area contributed by atoms with Gasteiger partial charge in [-0.15, -0.1) is 11.6 Å². The van der Waals surface area contributed by atoms with Gasteiger partial charge in [-0.3, -0.25) is 0 Å². The third-order valence-electron chi connectivity index (χ3n) is 2.71. The first-order valence-electron chi connectivity index (χ1n) is 5.89. The molecule has 0 saturated carbocycles. The van der Waals surface area contributed by atoms with Crippen LogP contribution in [0.2, 0.25) is 0 Å². The van der Waals surface area contributed by atoms with Crippen LogP contribution in [0.15, 0.2) is 48.5 Å². The minimum atomic E-state index is -0.375. The van der Waals surface area contributed by atoms with E-state index in [0.29, 0.717) is 12.5 Å². The zero-order valence-electron chi connectivity index (χ0n) is 10.2. The maximum Gasteiger partial charge on any atom is 0.123 e. The normalized spacial score (nSPS) is 10.9. The molecule has 0 radical (unpaired) electrons. The first kappa shape index (κ1) is 14.0. The average molecular weight is 283 g/mol. The Balaban J connectivity index is 2.29. The van der Waals surface area contributed by atoms with Crippen molar-refractivity contribution in [1.82, 2.24) is 0 Å². The van der Waals surface area contributed by atoms with E-state index < -0.39 is 0 Å². The Morgan fingerprint density at radius 3 is 1.63 bits per heavy atom. The van der Waals surface area contributed by atoms with Gasteiger partial charge in [-0.2, -0.15) is 0 Å². The molecular weight excluding hydrogens is 270 g/mol. The second kappa shape index (κ2) is 6.64. The highest BCUT2D eigenvalue weighted by Crippen LogP contribution is 2.26. The van der Waals surface area contributed by atoms with Crippen molar-refractivity contribution in [3.8, 4) is 0 Å². The lowest BCUT2D eigenvalue weighted by atomic mass is 10.0. The highest BCUT2D eigenvalue weighted by Gasteiger charge is 2.14. The molecular formula is C15H13ClF2O. The molecule has 100 valence electrons. The number of rotatable bonds is 5. The summed E-state index contributed by atoms with van der Waals surface area (Å²) in [6.45, 7) is 0.362. The number of benzene rings is 2. The summed E-state index contributed by atoms with van der Waals surface area (Å²) in [7, 11) is 0. The first-order chi connectivity index (χ1) is 9.20. The largest absolute Gasteiger partial charge is 0.368 e. The van der Waals surface area contributed by atoms with Crippen LogP contribution in [0.25, 0.3) is 0 Å². The summed E-state index contributed by atoms with van der Waals surface area (Å²) < 4.78 is 31.6. The zero-order chi connectivity index (χ0) is 13.7. The van der Waals surface area contributed by atoms with E-state index in [2.05, 4.69) is 0 Å². The lowest BCUT2D eigenvalue weighted by Crippen LogP contribution is -2.08. The molecule has 1 nitrogen and oxygen atoms in total. The molecule has 0 aliphatic carbocycles. The summed E-state index contributed by atoms with van der Waals surface area (Å²) in [5, 5.41) is 0. The van der Waals surface area contributed by atoms with Gasteiger partial charge in [0.05, 0.1) is 6.61 Å². The number of hydrogen-bond donors (Lipinski definition) is 0. The molecule has 0 amide bonds. The third-order valence-corrected chi connectivity index (χ3v) is 2.86. The second-order valence-corrected chi connectivity index (χ2v) is 4.42. The van der Waals surface area contributed by atoms with Gasteiger partial charge in [-0.25, -0.2) is 8.78 Å². The Morgan fingerprint density at radius 1 is 0.842 bits per heavy atom. The quantitative estimate of drug-likeness (QED) is 0.743. The minimum absolute atomic E-state index is 0.307. The van der Waals surface area contributed by atoms with Gasteiger partial charge >= 0.3 is 0 Å². The molecule has 0 saturated heterocycles. The van der Waals surface area contributed by atoms with E-state index in [-0.39, 0.29) is 17.7 Å². The topological polar surface area (TPSA) is 9.23 Å². The van der Waals surface area contributed by atoms with E-state index in [4.69, 9.17) is 16.3 Å². The van der Waals surface area contributed by atoms with Crippen molar-refractivity contribution in [2.75, 3.05) is 12.5 Å². The molecule has 0 bridgehead atoms. The van der Waals surface area contributed by atoms with Gasteiger partial charge in [0.2, 0.25) is 0 Å². The molecule has 2 aromatic carbocycles. The fourth-order valence-corrected chi connectivity index (χ4v) is 1.91. The highest BCUT2D eigenvalue weighted by molar-refractivity contribution is 6.17. The maximum absolute atomic E-state index is 12.9. The molecule has 0 atom stereocenters. The summed E-state index contributed by atoms with van der Waals surface area (Å²) in [6, 6.07) is 12.1. The van der Waals surface area contributed by atoms with Crippen molar-refractivity contribution in [1.29, 1.82) is 0 Å². The monoisotopic (exact) mass is 282 g/mol. The van der Waals surface area contributed by atoms with E-state index in [1.54, 1.807) is 24.3 Å². The van der Waals surface area contributed by atoms with Gasteiger partial charge in [-0.05, 0) is 35.4 Å². The Labute approximate surface area is 115 Å². The van der Waals surface area contributed by atoms with Crippen LogP contribution in [0.1, 0.15) is 17.2 Å². The third kappa shape index (κ3) is 3.75. The number of ether oxygens (including phenoxy) is 1. The van der Waals surface area contributed by atoms with Gasteiger partial charge in [0.15, 0.2) is 0 Å². The van der Waals surface area contributed by atoms with Crippen LogP contribution in [0, 0.1) is 11.6 Å². The summed E-state index contributed by atoms with van der Waals surface area (Å²) >= 11 is 5.63. The van der Waals surface area contributed by atoms with Crippen molar-refractivity contribution in [2.24, 2.45) is 0 Å². The standard InChI is InChI=1S/C15H13ClF2O/c16-9-10-19-15(11-1-5-13(17)6-2-11)12-3-7-14(18)8-4-12/h1-8,15H,9-10H2. The predicted molar refractivity (Wildman–Crippen MR) is 71.3 cm³/mol. The lowest BCUT2D eigenvalue weighted by molar-refractivity contribution is 0.0928. The number of halogens is 3. The smallest absolute Gasteiger partial charge is 0.123 e. The molecule has 4 heteroatoms. The van der Waals surface area contributed by atoms with E-state index in [1.165, 1.54) is 24.3 Å². The van der Waals surface area contributed by atoms with Crippen LogP contribution < -0.4 is 0 Å². The first-order valence-corrected chi connectivity index (χ1v) is 6.42. The summed E-state index contributed by atoms with van der Waals surface area (Å²) in [5.41, 5.74) is 1.61. The van der Waals surface area contributed by atoms with Gasteiger partial charge < -0.3 is 4.74 Å². The molecule has 19 heavy (non-hydrogen) atoms. The Bertz CT molecular complexity index is 465. The van der Waals surface area contributed by atoms with Crippen molar-refractivity contribution < 1.29 is 13.5 Å². The number of alkyl halides is 1. The molecule has 0 aliphatic rings. The van der Waals surface area contributed by atoms with Gasteiger partial charge in [0.1, 0.15) is 17.7 Å². The summed E-state index contributed by atoms with van der Waals surface area (Å²) in [5.74, 6) is -0.253. The Kier molecular flexibility index (Phi) is 4.88. The van der Waals surface area contributed by atoms with Crippen molar-refractivity contribution >= 4 is 11.6 Å². The van der Waals surface area contributed by atoms with E-state index in [0.717, 1.165) is 11.1 Å². The number of hydrogen-bond acceptors (Lipinski definition) is 1. The van der Waals surface area contributed by atoms with Crippen LogP contribution in [-0.2, 0) is 4.74 Å². The lowest BCUT2D eigenvalue weighted by Gasteiger charge is -2.18. The van der Waals surface area contributed by atoms with Gasteiger partial charge in [0, 0.05) is 5.88 Å². The minimum Gasteiger partial charge on any atom is -0.368 e. The van der Waals surface area contributed by atoms with Crippen LogP contribution in [0.3, 0.4) is 0 Å². The van der Waals surface area contributed by atoms with Crippen molar-refractivity contribution in [2.45, 2.75) is 6.10 Å². The fraction of sp³-hybridized carbons (Fsp3) is 0.200. The van der Waals surface area contributed by atoms with Gasteiger partial charge in [-0.1, -0.05) is 24.3 Å². The SMILES string of the molecule is Fc1ccc(C(OCCCl)c2ccc(F)cc2)cc1. The molecule has 2 rings (SSSR count). The van der Waals surface area contributed by atoms with Gasteiger partial charge in [0.25, 0.3) is 0 Å². The van der Waals surface area contributed by atoms with Crippen LogP contribution in [-0.4, -0.2) is 12.5 Å². The molecule has 0 unspecified atom stereocenters. The predicted octanol–water partition coefficient (Wildman–Crippen LogP) is 4.31. The molecule has 0 fully saturated rings. The average Bonchev–Trinajstić information content (AvgIpc) is 2.43. The fourth-order valence-electron chi connectivity index (χ4n) is 1.82. The molecule has 0 aromatic heterocycles. The zero-order valence-corrected chi connectivity index (χ0v) is 10.9. The van der Waals surface area contributed by atoms with Crippen molar-refractivity contribution in [3.63, 3.8) is 0 Å². The summed E-state index contributed by atoms with van der Waals surface area (Å²) in [4.78, 5) is 0. The van der Waals surface area contributed by atoms with Crippen LogP contribution in [0.4, 0.5) is 8.78 Å². The summed E-state index contributed by atoms with van der Waals surface area (Å²) in [6.07, 6.45) is -0.375. The van der Waals surface area contributed by atoms with E-state index >= 15 is 0 Å². The van der Waals surface area contributed by atoms with Crippen molar-refractivity contribution in [3.05, 3.63) is 71.3 Å². The van der Waals surface area contributed by atoms with E-state index in [9.17, 15) is 8.78 Å². The Morgan fingerprint density at radius 2 is 1.26 bits per heavy atom. The van der Waals surface area contributed by atoms with Crippen LogP contribution in [0.5, 0.6) is 0 Å². The molecule has 0 spiro atoms. The molecule has 2 aromatic rings. The highest BCUT2D eigenvalue weighted by atomic mass is 35.5. The van der Waals surface area contributed by atoms with Crippen LogP contribution >= 0.6 is 11.6 Å². The Hall–Kier alpha value is -1.45.